The third-order valence-corrected chi connectivity index (χ3v) is 4.06. The maximum absolute atomic E-state index is 9.10. The summed E-state index contributed by atoms with van der Waals surface area (Å²) in [6.07, 6.45) is 2.59. The van der Waals surface area contributed by atoms with Crippen LogP contribution in [0.3, 0.4) is 0 Å². The molecule has 1 atom stereocenters. The van der Waals surface area contributed by atoms with Gasteiger partial charge in [-0.3, -0.25) is 4.90 Å². The summed E-state index contributed by atoms with van der Waals surface area (Å²) in [5.74, 6) is -2.94. The predicted molar refractivity (Wildman–Crippen MR) is 82.0 cm³/mol. The minimum absolute atomic E-state index is 0.707. The fourth-order valence-corrected chi connectivity index (χ4v) is 2.98. The smallest absolute Gasteiger partial charge is 0.414 e. The maximum atomic E-state index is 9.10. The van der Waals surface area contributed by atoms with Crippen molar-refractivity contribution >= 4 is 23.3 Å². The van der Waals surface area contributed by atoms with E-state index in [1.807, 2.05) is 0 Å². The van der Waals surface area contributed by atoms with E-state index in [2.05, 4.69) is 22.2 Å². The van der Waals surface area contributed by atoms with Crippen LogP contribution in [-0.2, 0) is 20.9 Å². The Morgan fingerprint density at radius 3 is 2.64 bits per heavy atom. The van der Waals surface area contributed by atoms with E-state index in [9.17, 15) is 0 Å². The topological polar surface area (TPSA) is 100.0 Å². The molecule has 2 N–H and O–H groups in total. The van der Waals surface area contributed by atoms with Gasteiger partial charge in [0.2, 0.25) is 0 Å². The summed E-state index contributed by atoms with van der Waals surface area (Å²) in [4.78, 5) is 25.2. The summed E-state index contributed by atoms with van der Waals surface area (Å²) in [6.45, 7) is 6.33. The predicted octanol–water partition coefficient (Wildman–Crippen LogP) is 1.47. The molecule has 0 saturated carbocycles. The third-order valence-electron chi connectivity index (χ3n) is 3.24. The highest BCUT2D eigenvalue weighted by molar-refractivity contribution is 7.09. The lowest BCUT2D eigenvalue weighted by atomic mass is 9.99. The molecular weight excluding hydrogens is 308 g/mol. The van der Waals surface area contributed by atoms with Crippen molar-refractivity contribution in [3.63, 3.8) is 0 Å². The normalized spacial score (nSPS) is 18.4. The number of nitrogens with zero attached hydrogens (tertiary/aromatic N) is 2. The van der Waals surface area contributed by atoms with Crippen LogP contribution in [-0.4, -0.2) is 58.8 Å². The van der Waals surface area contributed by atoms with Crippen LogP contribution >= 0.6 is 11.3 Å². The number of piperidine rings is 1. The highest BCUT2D eigenvalue weighted by Gasteiger charge is 2.20. The Morgan fingerprint density at radius 2 is 2.14 bits per heavy atom. The minimum atomic E-state index is -1.82. The lowest BCUT2D eigenvalue weighted by Crippen LogP contribution is -2.36. The molecule has 1 unspecified atom stereocenters. The van der Waals surface area contributed by atoms with Gasteiger partial charge in [0.15, 0.2) is 0 Å². The van der Waals surface area contributed by atoms with Gasteiger partial charge in [0, 0.05) is 25.6 Å². The number of hydrogen-bond donors (Lipinski definition) is 2. The summed E-state index contributed by atoms with van der Waals surface area (Å²) in [5.41, 5.74) is 1.22. The maximum Gasteiger partial charge on any atom is 0.414 e. The van der Waals surface area contributed by atoms with Gasteiger partial charge in [-0.15, -0.1) is 11.3 Å². The lowest BCUT2D eigenvalue weighted by molar-refractivity contribution is -0.159. The quantitative estimate of drug-likeness (QED) is 0.806. The van der Waals surface area contributed by atoms with Crippen molar-refractivity contribution in [2.75, 3.05) is 26.8 Å². The number of carboxylic acids is 2. The number of thiazole rings is 1. The van der Waals surface area contributed by atoms with Gasteiger partial charge in [-0.05, 0) is 32.2 Å². The average Bonchev–Trinajstić information content (AvgIpc) is 2.85. The second-order valence-corrected chi connectivity index (χ2v) is 6.23. The Labute approximate surface area is 133 Å². The molecule has 0 amide bonds. The number of carboxylic acid groups (broad SMARTS) is 2. The van der Waals surface area contributed by atoms with Crippen molar-refractivity contribution in [1.29, 1.82) is 0 Å². The van der Waals surface area contributed by atoms with Gasteiger partial charge in [0.25, 0.3) is 0 Å². The van der Waals surface area contributed by atoms with Crippen LogP contribution < -0.4 is 0 Å². The molecule has 1 aromatic rings. The van der Waals surface area contributed by atoms with Crippen LogP contribution in [0.2, 0.25) is 0 Å². The summed E-state index contributed by atoms with van der Waals surface area (Å²) < 4.78 is 5.24. The largest absolute Gasteiger partial charge is 0.473 e. The van der Waals surface area contributed by atoms with Crippen LogP contribution in [0.5, 0.6) is 0 Å². The number of aryl methyl sites for hydroxylation is 1. The SMILES string of the molecule is COCC1CCCN(Cc2csc(C)n2)C1.O=C(O)C(=O)O. The molecule has 0 aliphatic carbocycles. The second kappa shape index (κ2) is 9.50. The Hall–Kier alpha value is -1.51. The number of aromatic nitrogens is 1. The molecule has 8 heteroatoms. The molecular formula is C14H22N2O5S. The zero-order valence-corrected chi connectivity index (χ0v) is 13.6. The molecule has 1 fully saturated rings. The molecule has 0 spiro atoms. The Balaban J connectivity index is 0.000000346. The van der Waals surface area contributed by atoms with Crippen LogP contribution in [0, 0.1) is 12.8 Å². The van der Waals surface area contributed by atoms with Crippen LogP contribution in [0.1, 0.15) is 23.5 Å². The standard InChI is InChI=1S/C12H20N2OS.C2H2O4/c1-10-13-12(9-16-10)7-14-5-3-4-11(6-14)8-15-2;3-1(4)2(5)6/h9,11H,3-8H2,1-2H3;(H,3,4)(H,5,6). The van der Waals surface area contributed by atoms with Gasteiger partial charge in [0.1, 0.15) is 0 Å². The van der Waals surface area contributed by atoms with Crippen molar-refractivity contribution in [1.82, 2.24) is 9.88 Å². The van der Waals surface area contributed by atoms with Crippen molar-refractivity contribution in [3.05, 3.63) is 16.1 Å². The van der Waals surface area contributed by atoms with Gasteiger partial charge in [0.05, 0.1) is 17.3 Å². The van der Waals surface area contributed by atoms with Gasteiger partial charge in [-0.2, -0.15) is 0 Å². The molecule has 7 nitrogen and oxygen atoms in total. The monoisotopic (exact) mass is 330 g/mol. The second-order valence-electron chi connectivity index (χ2n) is 5.17. The Morgan fingerprint density at radius 1 is 1.45 bits per heavy atom. The van der Waals surface area contributed by atoms with Crippen molar-refractivity contribution < 1.29 is 24.5 Å². The fourth-order valence-electron chi connectivity index (χ4n) is 2.38. The summed E-state index contributed by atoms with van der Waals surface area (Å²) in [6, 6.07) is 0. The number of methoxy groups -OCH3 is 1. The van der Waals surface area contributed by atoms with Crippen LogP contribution in [0.25, 0.3) is 0 Å². The highest BCUT2D eigenvalue weighted by Crippen LogP contribution is 2.19. The van der Waals surface area contributed by atoms with Gasteiger partial charge in [-0.25, -0.2) is 14.6 Å². The van der Waals surface area contributed by atoms with E-state index in [4.69, 9.17) is 24.5 Å². The molecule has 0 bridgehead atoms. The number of carbonyl (C=O) groups is 2. The molecule has 1 saturated heterocycles. The molecule has 22 heavy (non-hydrogen) atoms. The third kappa shape index (κ3) is 6.97. The summed E-state index contributed by atoms with van der Waals surface area (Å²) in [7, 11) is 1.79. The van der Waals surface area contributed by atoms with Crippen LogP contribution in [0.15, 0.2) is 5.38 Å². The number of aliphatic carboxylic acids is 2. The molecule has 124 valence electrons. The first-order chi connectivity index (χ1) is 10.4. The average molecular weight is 330 g/mol. The van der Waals surface area contributed by atoms with E-state index in [0.717, 1.165) is 19.7 Å². The van der Waals surface area contributed by atoms with Gasteiger partial charge in [-0.1, -0.05) is 0 Å². The molecule has 1 aliphatic heterocycles. The number of hydrogen-bond acceptors (Lipinski definition) is 6. The zero-order chi connectivity index (χ0) is 16.5. The van der Waals surface area contributed by atoms with Crippen molar-refractivity contribution in [3.8, 4) is 0 Å². The number of rotatable bonds is 4. The van der Waals surface area contributed by atoms with Crippen LogP contribution in [0.4, 0.5) is 0 Å². The number of ether oxygens (including phenoxy) is 1. The highest BCUT2D eigenvalue weighted by atomic mass is 32.1. The molecule has 1 aromatic heterocycles. The molecule has 2 heterocycles. The van der Waals surface area contributed by atoms with E-state index in [0.29, 0.717) is 5.92 Å². The van der Waals surface area contributed by atoms with E-state index in [-0.39, 0.29) is 0 Å². The molecule has 0 aromatic carbocycles. The minimum Gasteiger partial charge on any atom is -0.473 e. The first kappa shape index (κ1) is 18.5. The first-order valence-corrected chi connectivity index (χ1v) is 7.88. The fraction of sp³-hybridized carbons (Fsp3) is 0.643. The van der Waals surface area contributed by atoms with E-state index in [1.54, 1.807) is 18.4 Å². The van der Waals surface area contributed by atoms with E-state index < -0.39 is 11.9 Å². The lowest BCUT2D eigenvalue weighted by Gasteiger charge is -2.31. The zero-order valence-electron chi connectivity index (χ0n) is 12.8. The Kier molecular flexibility index (Phi) is 8.00. The van der Waals surface area contributed by atoms with Gasteiger partial charge < -0.3 is 14.9 Å². The van der Waals surface area contributed by atoms with Gasteiger partial charge >= 0.3 is 11.9 Å². The molecule has 0 radical (unpaired) electrons. The number of likely N-dealkylation sites (tertiary alicyclic amines) is 1. The Bertz CT molecular complexity index is 477. The van der Waals surface area contributed by atoms with Crippen molar-refractivity contribution in [2.45, 2.75) is 26.3 Å². The molecule has 1 aliphatic rings. The first-order valence-electron chi connectivity index (χ1n) is 7.01. The van der Waals surface area contributed by atoms with E-state index in [1.165, 1.54) is 30.1 Å². The molecule has 2 rings (SSSR count). The van der Waals surface area contributed by atoms with Crippen molar-refractivity contribution in [2.24, 2.45) is 5.92 Å². The van der Waals surface area contributed by atoms with E-state index >= 15 is 0 Å². The summed E-state index contributed by atoms with van der Waals surface area (Å²) >= 11 is 1.74. The summed E-state index contributed by atoms with van der Waals surface area (Å²) in [5, 5.41) is 18.1.